The van der Waals surface area contributed by atoms with Gasteiger partial charge in [-0.3, -0.25) is 9.10 Å². The lowest BCUT2D eigenvalue weighted by Gasteiger charge is -2.29. The minimum absolute atomic E-state index is 0.0746. The van der Waals surface area contributed by atoms with Gasteiger partial charge < -0.3 is 9.88 Å². The number of hydrogen-bond acceptors (Lipinski definition) is 3. The van der Waals surface area contributed by atoms with Gasteiger partial charge in [0.05, 0.1) is 22.0 Å². The third-order valence-electron chi connectivity index (χ3n) is 5.20. The number of sulfonamides is 1. The highest BCUT2D eigenvalue weighted by Crippen LogP contribution is 2.31. The maximum atomic E-state index is 13.5. The zero-order chi connectivity index (χ0) is 21.3. The number of fused-ring (bicyclic) bond motifs is 1. The molecule has 4 rings (SSSR count). The Morgan fingerprint density at radius 2 is 1.97 bits per heavy atom. The average Bonchev–Trinajstić information content (AvgIpc) is 3.10. The molecule has 1 aliphatic heterocycles. The van der Waals surface area contributed by atoms with Crippen molar-refractivity contribution in [3.63, 3.8) is 0 Å². The molecule has 1 amide bonds. The maximum Gasteiger partial charge on any atom is 0.251 e. The summed E-state index contributed by atoms with van der Waals surface area (Å²) in [7, 11) is -3.43. The van der Waals surface area contributed by atoms with E-state index in [0.29, 0.717) is 37.3 Å². The van der Waals surface area contributed by atoms with Gasteiger partial charge in [0.1, 0.15) is 5.82 Å². The number of carbonyl (C=O) groups is 1. The fourth-order valence-corrected chi connectivity index (χ4v) is 5.57. The predicted molar refractivity (Wildman–Crippen MR) is 116 cm³/mol. The number of halogens is 2. The molecule has 1 aromatic heterocycles. The summed E-state index contributed by atoms with van der Waals surface area (Å²) in [5.41, 5.74) is 1.42. The molecule has 1 N–H and O–H groups in total. The first-order valence-electron chi connectivity index (χ1n) is 9.68. The highest BCUT2D eigenvalue weighted by molar-refractivity contribution is 7.92. The first kappa shape index (κ1) is 20.7. The second kappa shape index (κ2) is 8.28. The first-order valence-corrected chi connectivity index (χ1v) is 11.7. The molecule has 2 heterocycles. The zero-order valence-electron chi connectivity index (χ0n) is 16.1. The number of anilines is 1. The van der Waals surface area contributed by atoms with Crippen molar-refractivity contribution in [1.29, 1.82) is 0 Å². The first-order chi connectivity index (χ1) is 14.3. The summed E-state index contributed by atoms with van der Waals surface area (Å²) < 4.78 is 41.4. The van der Waals surface area contributed by atoms with Crippen LogP contribution in [0.5, 0.6) is 0 Å². The fraction of sp³-hybridized carbons (Fsp3) is 0.286. The molecule has 1 saturated heterocycles. The summed E-state index contributed by atoms with van der Waals surface area (Å²) in [4.78, 5) is 12.6. The van der Waals surface area contributed by atoms with E-state index in [0.717, 1.165) is 17.3 Å². The molecule has 0 atom stereocenters. The van der Waals surface area contributed by atoms with Crippen LogP contribution < -0.4 is 9.62 Å². The van der Waals surface area contributed by atoms with Crippen molar-refractivity contribution in [2.24, 2.45) is 0 Å². The van der Waals surface area contributed by atoms with Crippen molar-refractivity contribution in [2.45, 2.75) is 19.4 Å². The Morgan fingerprint density at radius 3 is 2.77 bits per heavy atom. The highest BCUT2D eigenvalue weighted by Gasteiger charge is 2.28. The molecule has 0 saturated carbocycles. The normalized spacial score (nSPS) is 16.0. The molecule has 158 valence electrons. The molecule has 0 radical (unpaired) electrons. The number of benzene rings is 2. The van der Waals surface area contributed by atoms with Crippen LogP contribution in [0.25, 0.3) is 10.9 Å². The summed E-state index contributed by atoms with van der Waals surface area (Å²) in [5, 5.41) is 4.04. The average molecular weight is 450 g/mol. The summed E-state index contributed by atoms with van der Waals surface area (Å²) in [6.45, 7) is 1.16. The monoisotopic (exact) mass is 449 g/mol. The lowest BCUT2D eigenvalue weighted by molar-refractivity contribution is 0.0952. The quantitative estimate of drug-likeness (QED) is 0.644. The van der Waals surface area contributed by atoms with Gasteiger partial charge in [-0.05, 0) is 60.7 Å². The van der Waals surface area contributed by atoms with Crippen molar-refractivity contribution < 1.29 is 17.6 Å². The van der Waals surface area contributed by atoms with Crippen LogP contribution in [0.1, 0.15) is 23.2 Å². The minimum Gasteiger partial charge on any atom is -0.350 e. The fourth-order valence-electron chi connectivity index (χ4n) is 3.65. The Hall–Kier alpha value is -2.58. The molecular weight excluding hydrogens is 429 g/mol. The van der Waals surface area contributed by atoms with Crippen molar-refractivity contribution in [2.75, 3.05) is 23.1 Å². The van der Waals surface area contributed by atoms with Crippen LogP contribution >= 0.6 is 11.6 Å². The van der Waals surface area contributed by atoms with E-state index in [2.05, 4.69) is 5.32 Å². The smallest absolute Gasteiger partial charge is 0.251 e. The van der Waals surface area contributed by atoms with Gasteiger partial charge in [0, 0.05) is 31.4 Å². The van der Waals surface area contributed by atoms with Crippen molar-refractivity contribution in [3.8, 4) is 0 Å². The van der Waals surface area contributed by atoms with Gasteiger partial charge in [0.25, 0.3) is 5.91 Å². The molecule has 3 aromatic rings. The molecular formula is C21H21ClFN3O3S. The zero-order valence-corrected chi connectivity index (χ0v) is 17.7. The van der Waals surface area contributed by atoms with Crippen molar-refractivity contribution >= 4 is 44.1 Å². The minimum atomic E-state index is -3.43. The topological polar surface area (TPSA) is 71.4 Å². The number of hydrogen-bond donors (Lipinski definition) is 1. The van der Waals surface area contributed by atoms with Crippen LogP contribution in [0.3, 0.4) is 0 Å². The largest absolute Gasteiger partial charge is 0.350 e. The maximum absolute atomic E-state index is 13.5. The van der Waals surface area contributed by atoms with Crippen LogP contribution in [0.15, 0.2) is 48.7 Å². The molecule has 30 heavy (non-hydrogen) atoms. The van der Waals surface area contributed by atoms with E-state index in [1.54, 1.807) is 12.1 Å². The second-order valence-corrected chi connectivity index (χ2v) is 9.65. The summed E-state index contributed by atoms with van der Waals surface area (Å²) in [6, 6.07) is 11.1. The third-order valence-corrected chi connectivity index (χ3v) is 7.38. The molecule has 2 aromatic carbocycles. The summed E-state index contributed by atoms with van der Waals surface area (Å²) in [5.74, 6) is -0.566. The number of aromatic nitrogens is 1. The molecule has 0 spiro atoms. The molecule has 0 aliphatic carbocycles. The van der Waals surface area contributed by atoms with Crippen LogP contribution in [0.2, 0.25) is 5.02 Å². The van der Waals surface area contributed by atoms with Gasteiger partial charge in [-0.2, -0.15) is 0 Å². The Bertz CT molecular complexity index is 1210. The Morgan fingerprint density at radius 1 is 1.13 bits per heavy atom. The number of nitrogens with one attached hydrogen (secondary N) is 1. The van der Waals surface area contributed by atoms with E-state index in [9.17, 15) is 17.6 Å². The number of carbonyl (C=O) groups excluding carboxylic acids is 1. The molecule has 9 heteroatoms. The van der Waals surface area contributed by atoms with Gasteiger partial charge in [-0.1, -0.05) is 11.6 Å². The lowest BCUT2D eigenvalue weighted by Crippen LogP contribution is -2.38. The summed E-state index contributed by atoms with van der Waals surface area (Å²) in [6.07, 6.45) is 3.21. The molecule has 6 nitrogen and oxygen atoms in total. The Balaban J connectivity index is 1.46. The van der Waals surface area contributed by atoms with Crippen LogP contribution in [0.4, 0.5) is 10.1 Å². The lowest BCUT2D eigenvalue weighted by atomic mass is 10.1. The van der Waals surface area contributed by atoms with Gasteiger partial charge in [0.15, 0.2) is 0 Å². The van der Waals surface area contributed by atoms with E-state index < -0.39 is 10.0 Å². The SMILES string of the molecule is O=C(NCCn1ccc2ccc(F)cc21)c1ccc(Cl)c(N2CCCCS2(=O)=O)c1. The molecule has 0 unspecified atom stereocenters. The highest BCUT2D eigenvalue weighted by atomic mass is 35.5. The second-order valence-electron chi connectivity index (χ2n) is 7.23. The van der Waals surface area contributed by atoms with Gasteiger partial charge in [0.2, 0.25) is 10.0 Å². The number of rotatable bonds is 5. The van der Waals surface area contributed by atoms with Gasteiger partial charge in [-0.25, -0.2) is 12.8 Å². The molecule has 1 fully saturated rings. The van der Waals surface area contributed by atoms with E-state index in [-0.39, 0.29) is 22.5 Å². The molecule has 0 bridgehead atoms. The van der Waals surface area contributed by atoms with Crippen LogP contribution in [-0.2, 0) is 16.6 Å². The summed E-state index contributed by atoms with van der Waals surface area (Å²) >= 11 is 6.23. The van der Waals surface area contributed by atoms with E-state index in [1.807, 2.05) is 16.8 Å². The van der Waals surface area contributed by atoms with Crippen molar-refractivity contribution in [3.05, 3.63) is 65.1 Å². The predicted octanol–water partition coefficient (Wildman–Crippen LogP) is 3.79. The Kier molecular flexibility index (Phi) is 5.71. The van der Waals surface area contributed by atoms with E-state index >= 15 is 0 Å². The van der Waals surface area contributed by atoms with E-state index in [1.165, 1.54) is 28.6 Å². The standard InChI is InChI=1S/C21H21ClFN3O3S/c22-18-6-4-16(13-20(18)26-9-1-2-12-30(26,28)29)21(27)24-8-11-25-10-7-15-3-5-17(23)14-19(15)25/h3-7,10,13-14H,1-2,8-9,11-12H2,(H,24,27). The molecule has 1 aliphatic rings. The van der Waals surface area contributed by atoms with Crippen molar-refractivity contribution in [1.82, 2.24) is 9.88 Å². The van der Waals surface area contributed by atoms with Gasteiger partial charge >= 0.3 is 0 Å². The number of amides is 1. The number of nitrogens with zero attached hydrogens (tertiary/aromatic N) is 2. The van der Waals surface area contributed by atoms with Gasteiger partial charge in [-0.15, -0.1) is 0 Å². The Labute approximate surface area is 179 Å². The van der Waals surface area contributed by atoms with Crippen LogP contribution in [-0.4, -0.2) is 37.7 Å². The van der Waals surface area contributed by atoms with Crippen LogP contribution in [0, 0.1) is 5.82 Å². The third kappa shape index (κ3) is 4.15. The van der Waals surface area contributed by atoms with E-state index in [4.69, 9.17) is 11.6 Å².